The number of thioether (sulfide) groups is 1. The Morgan fingerprint density at radius 2 is 2.16 bits per heavy atom. The number of hydrogen-bond donors (Lipinski definition) is 0. The smallest absolute Gasteiger partial charge is 0.294 e. The van der Waals surface area contributed by atoms with Gasteiger partial charge in [0.1, 0.15) is 6.61 Å². The first-order valence-corrected chi connectivity index (χ1v) is 9.30. The first-order valence-electron chi connectivity index (χ1n) is 7.40. The number of terminal acetylenes is 1. The average molecular weight is 469 g/mol. The second kappa shape index (κ2) is 8.97. The van der Waals surface area contributed by atoms with Crippen LogP contribution in [-0.2, 0) is 4.79 Å². The van der Waals surface area contributed by atoms with Crippen molar-refractivity contribution in [3.63, 3.8) is 0 Å². The Morgan fingerprint density at radius 1 is 1.40 bits per heavy atom. The second-order valence-corrected chi connectivity index (χ2v) is 6.99. The molecule has 1 saturated heterocycles. The molecular weight excluding hydrogens is 453 g/mol. The van der Waals surface area contributed by atoms with Gasteiger partial charge < -0.3 is 9.47 Å². The van der Waals surface area contributed by atoms with E-state index in [0.29, 0.717) is 29.6 Å². The summed E-state index contributed by atoms with van der Waals surface area (Å²) in [5.41, 5.74) is 0.741. The number of carbonyl (C=O) groups is 2. The maximum absolute atomic E-state index is 12.3. The number of rotatable bonds is 7. The average Bonchev–Trinajstić information content (AvgIpc) is 2.82. The van der Waals surface area contributed by atoms with Crippen LogP contribution in [0, 0.1) is 15.9 Å². The van der Waals surface area contributed by atoms with Crippen molar-refractivity contribution >= 4 is 51.6 Å². The van der Waals surface area contributed by atoms with Crippen molar-refractivity contribution in [3.05, 3.63) is 38.8 Å². The van der Waals surface area contributed by atoms with Gasteiger partial charge in [-0.3, -0.25) is 14.5 Å². The molecule has 7 heteroatoms. The van der Waals surface area contributed by atoms with Gasteiger partial charge >= 0.3 is 0 Å². The van der Waals surface area contributed by atoms with Crippen LogP contribution in [0.1, 0.15) is 12.5 Å². The van der Waals surface area contributed by atoms with Crippen LogP contribution in [0.15, 0.2) is 29.7 Å². The van der Waals surface area contributed by atoms with Gasteiger partial charge in [-0.05, 0) is 65.0 Å². The van der Waals surface area contributed by atoms with Crippen molar-refractivity contribution in [1.29, 1.82) is 0 Å². The van der Waals surface area contributed by atoms with Crippen LogP contribution in [0.2, 0.25) is 0 Å². The number of benzene rings is 1. The molecule has 0 atom stereocenters. The third kappa shape index (κ3) is 4.58. The molecule has 2 rings (SSSR count). The van der Waals surface area contributed by atoms with Gasteiger partial charge in [0.2, 0.25) is 0 Å². The highest BCUT2D eigenvalue weighted by molar-refractivity contribution is 14.1. The molecule has 0 saturated carbocycles. The molecule has 0 unspecified atom stereocenters. The zero-order chi connectivity index (χ0) is 18.4. The Bertz CT molecular complexity index is 782. The number of hydrogen-bond acceptors (Lipinski definition) is 5. The lowest BCUT2D eigenvalue weighted by Crippen LogP contribution is -2.28. The molecule has 0 N–H and O–H groups in total. The van der Waals surface area contributed by atoms with E-state index in [1.54, 1.807) is 18.2 Å². The largest absolute Gasteiger partial charge is 0.490 e. The zero-order valence-electron chi connectivity index (χ0n) is 13.6. The number of carbonyl (C=O) groups excluding carboxylic acids is 2. The minimum absolute atomic E-state index is 0.0297. The summed E-state index contributed by atoms with van der Waals surface area (Å²) >= 11 is 3.02. The van der Waals surface area contributed by atoms with Crippen molar-refractivity contribution in [2.75, 3.05) is 19.8 Å². The van der Waals surface area contributed by atoms with Crippen molar-refractivity contribution in [1.82, 2.24) is 4.90 Å². The van der Waals surface area contributed by atoms with Crippen molar-refractivity contribution in [2.45, 2.75) is 6.92 Å². The first kappa shape index (κ1) is 19.4. The molecule has 0 bridgehead atoms. The highest BCUT2D eigenvalue weighted by Crippen LogP contribution is 2.37. The molecule has 5 nitrogen and oxygen atoms in total. The molecule has 0 aliphatic carbocycles. The SMILES string of the molecule is C#CCN1C(=O)S/C(=C\c2cc(I)c(OCC=C)c(OCC)c2)C1=O. The van der Waals surface area contributed by atoms with Crippen LogP contribution in [0.3, 0.4) is 0 Å². The summed E-state index contributed by atoms with van der Waals surface area (Å²) in [4.78, 5) is 25.5. The topological polar surface area (TPSA) is 55.8 Å². The van der Waals surface area contributed by atoms with Gasteiger partial charge in [-0.1, -0.05) is 18.6 Å². The molecule has 25 heavy (non-hydrogen) atoms. The number of imide groups is 1. The Hall–Kier alpha value is -1.92. The lowest BCUT2D eigenvalue weighted by atomic mass is 10.2. The van der Waals surface area contributed by atoms with Gasteiger partial charge in [-0.25, -0.2) is 0 Å². The maximum atomic E-state index is 12.3. The summed E-state index contributed by atoms with van der Waals surface area (Å²) in [6, 6.07) is 3.63. The Kier molecular flexibility index (Phi) is 6.96. The summed E-state index contributed by atoms with van der Waals surface area (Å²) in [5, 5.41) is -0.361. The van der Waals surface area contributed by atoms with E-state index in [1.165, 1.54) is 0 Å². The molecule has 130 valence electrons. The van der Waals surface area contributed by atoms with E-state index >= 15 is 0 Å². The van der Waals surface area contributed by atoms with Crippen LogP contribution in [0.25, 0.3) is 6.08 Å². The molecule has 1 fully saturated rings. The second-order valence-electron chi connectivity index (χ2n) is 4.83. The normalized spacial score (nSPS) is 15.4. The van der Waals surface area contributed by atoms with Crippen molar-refractivity contribution in [3.8, 4) is 23.8 Å². The summed E-state index contributed by atoms with van der Waals surface area (Å²) < 4.78 is 12.1. The fraction of sp³-hybridized carbons (Fsp3) is 0.222. The Balaban J connectivity index is 2.37. The van der Waals surface area contributed by atoms with Crippen LogP contribution in [-0.4, -0.2) is 35.8 Å². The minimum atomic E-state index is -0.382. The van der Waals surface area contributed by atoms with Gasteiger partial charge in [-0.2, -0.15) is 0 Å². The van der Waals surface area contributed by atoms with E-state index in [1.807, 2.05) is 13.0 Å². The fourth-order valence-corrected chi connectivity index (χ4v) is 3.71. The van der Waals surface area contributed by atoms with Crippen LogP contribution in [0.4, 0.5) is 4.79 Å². The first-order chi connectivity index (χ1) is 12.0. The number of ether oxygens (including phenoxy) is 2. The monoisotopic (exact) mass is 469 g/mol. The molecule has 0 aromatic heterocycles. The third-order valence-corrected chi connectivity index (χ3v) is 4.81. The molecule has 1 aromatic rings. The molecule has 1 aromatic carbocycles. The quantitative estimate of drug-likeness (QED) is 0.262. The maximum Gasteiger partial charge on any atom is 0.294 e. The van der Waals surface area contributed by atoms with Crippen molar-refractivity contribution < 1.29 is 19.1 Å². The number of halogens is 1. The molecule has 0 spiro atoms. The molecule has 1 aliphatic heterocycles. The highest BCUT2D eigenvalue weighted by atomic mass is 127. The highest BCUT2D eigenvalue weighted by Gasteiger charge is 2.34. The molecule has 0 radical (unpaired) electrons. The summed E-state index contributed by atoms with van der Waals surface area (Å²) in [6.07, 6.45) is 8.51. The predicted molar refractivity (Wildman–Crippen MR) is 108 cm³/mol. The summed E-state index contributed by atoms with van der Waals surface area (Å²) in [6.45, 7) is 6.32. The van der Waals surface area contributed by atoms with E-state index in [0.717, 1.165) is 25.8 Å². The molecule has 1 aliphatic rings. The summed E-state index contributed by atoms with van der Waals surface area (Å²) in [5.74, 6) is 3.13. The van der Waals surface area contributed by atoms with Crippen LogP contribution < -0.4 is 9.47 Å². The zero-order valence-corrected chi connectivity index (χ0v) is 16.6. The van der Waals surface area contributed by atoms with Gasteiger partial charge in [0.15, 0.2) is 11.5 Å². The van der Waals surface area contributed by atoms with Gasteiger partial charge in [0, 0.05) is 0 Å². The number of nitrogens with zero attached hydrogens (tertiary/aromatic N) is 1. The van der Waals surface area contributed by atoms with E-state index in [2.05, 4.69) is 35.1 Å². The van der Waals surface area contributed by atoms with E-state index in [9.17, 15) is 9.59 Å². The molecular formula is C18H16INO4S. The van der Waals surface area contributed by atoms with E-state index in [-0.39, 0.29) is 17.7 Å². The van der Waals surface area contributed by atoms with E-state index < -0.39 is 0 Å². The minimum Gasteiger partial charge on any atom is -0.490 e. The lowest BCUT2D eigenvalue weighted by Gasteiger charge is -2.14. The van der Waals surface area contributed by atoms with Crippen molar-refractivity contribution in [2.24, 2.45) is 0 Å². The van der Waals surface area contributed by atoms with Gasteiger partial charge in [0.25, 0.3) is 11.1 Å². The predicted octanol–water partition coefficient (Wildman–Crippen LogP) is 3.92. The molecule has 1 heterocycles. The number of amides is 2. The Morgan fingerprint density at radius 3 is 2.80 bits per heavy atom. The van der Waals surface area contributed by atoms with Gasteiger partial charge in [0.05, 0.1) is 21.6 Å². The molecule has 2 amide bonds. The van der Waals surface area contributed by atoms with Crippen LogP contribution in [0.5, 0.6) is 11.5 Å². The Labute approximate surface area is 164 Å². The lowest BCUT2D eigenvalue weighted by molar-refractivity contribution is -0.122. The van der Waals surface area contributed by atoms with E-state index in [4.69, 9.17) is 15.9 Å². The standard InChI is InChI=1S/C18H16INO4S/c1-4-7-20-17(21)15(25-18(20)22)11-12-9-13(19)16(24-8-5-2)14(10-12)23-6-3/h1,5,9-11H,2,6-8H2,3H3/b15-11-. The third-order valence-electron chi connectivity index (χ3n) is 3.10. The fourth-order valence-electron chi connectivity index (χ4n) is 2.10. The summed E-state index contributed by atoms with van der Waals surface area (Å²) in [7, 11) is 0. The van der Waals surface area contributed by atoms with Crippen LogP contribution >= 0.6 is 34.4 Å². The van der Waals surface area contributed by atoms with Gasteiger partial charge in [-0.15, -0.1) is 6.42 Å².